The molecule has 0 spiro atoms. The van der Waals surface area contributed by atoms with E-state index in [2.05, 4.69) is 11.9 Å². The van der Waals surface area contributed by atoms with Gasteiger partial charge in [-0.25, -0.2) is 4.98 Å². The molecular formula is C11H14N2OS2. The summed E-state index contributed by atoms with van der Waals surface area (Å²) in [6, 6.07) is 6.00. The Bertz CT molecular complexity index is 470. The second-order valence-electron chi connectivity index (χ2n) is 3.43. The lowest BCUT2D eigenvalue weighted by atomic mass is 10.3. The van der Waals surface area contributed by atoms with E-state index < -0.39 is 0 Å². The number of benzene rings is 1. The van der Waals surface area contributed by atoms with Gasteiger partial charge in [-0.05, 0) is 30.5 Å². The van der Waals surface area contributed by atoms with E-state index in [9.17, 15) is 0 Å². The molecule has 5 heteroatoms. The first kappa shape index (κ1) is 11.7. The number of hydrogen-bond donors (Lipinski definition) is 1. The van der Waals surface area contributed by atoms with Crippen molar-refractivity contribution in [3.63, 3.8) is 0 Å². The van der Waals surface area contributed by atoms with Gasteiger partial charge < -0.3 is 4.74 Å². The van der Waals surface area contributed by atoms with Gasteiger partial charge in [-0.3, -0.25) is 5.14 Å². The third-order valence-electron chi connectivity index (χ3n) is 2.21. The van der Waals surface area contributed by atoms with Gasteiger partial charge in [-0.1, -0.05) is 13.3 Å². The van der Waals surface area contributed by atoms with E-state index >= 15 is 0 Å². The minimum atomic E-state index is 0.768. The van der Waals surface area contributed by atoms with Crippen LogP contribution in [0.2, 0.25) is 0 Å². The summed E-state index contributed by atoms with van der Waals surface area (Å²) in [5, 5.41) is 5.48. The Morgan fingerprint density at radius 3 is 3.12 bits per heavy atom. The highest BCUT2D eigenvalue weighted by molar-refractivity contribution is 7.99. The Balaban J connectivity index is 2.15. The van der Waals surface area contributed by atoms with Gasteiger partial charge in [-0.2, -0.15) is 0 Å². The van der Waals surface area contributed by atoms with Gasteiger partial charge in [0.15, 0.2) is 4.34 Å². The van der Waals surface area contributed by atoms with Crippen LogP contribution in [-0.2, 0) is 0 Å². The van der Waals surface area contributed by atoms with Crippen LogP contribution >= 0.6 is 23.3 Å². The van der Waals surface area contributed by atoms with Crippen LogP contribution in [0.4, 0.5) is 0 Å². The van der Waals surface area contributed by atoms with Crippen molar-refractivity contribution in [2.24, 2.45) is 5.14 Å². The average molecular weight is 254 g/mol. The largest absolute Gasteiger partial charge is 0.494 e. The Morgan fingerprint density at radius 2 is 2.38 bits per heavy atom. The molecule has 2 rings (SSSR count). The van der Waals surface area contributed by atoms with Crippen molar-refractivity contribution in [2.45, 2.75) is 24.1 Å². The lowest BCUT2D eigenvalue weighted by Crippen LogP contribution is -1.95. The zero-order chi connectivity index (χ0) is 11.4. The zero-order valence-electron chi connectivity index (χ0n) is 9.10. The van der Waals surface area contributed by atoms with E-state index in [-0.39, 0.29) is 0 Å². The lowest BCUT2D eigenvalue weighted by molar-refractivity contribution is 0.310. The molecule has 1 aromatic heterocycles. The summed E-state index contributed by atoms with van der Waals surface area (Å²) in [7, 11) is 0. The highest BCUT2D eigenvalue weighted by atomic mass is 32.2. The normalized spacial score (nSPS) is 10.9. The highest BCUT2D eigenvalue weighted by Crippen LogP contribution is 2.29. The van der Waals surface area contributed by atoms with Crippen molar-refractivity contribution in [3.8, 4) is 5.75 Å². The summed E-state index contributed by atoms with van der Waals surface area (Å²) >= 11 is 2.79. The first-order valence-corrected chi connectivity index (χ1v) is 6.93. The summed E-state index contributed by atoms with van der Waals surface area (Å²) in [6.07, 6.45) is 2.23. The molecule has 0 amide bonds. The summed E-state index contributed by atoms with van der Waals surface area (Å²) in [6.45, 7) is 2.92. The van der Waals surface area contributed by atoms with E-state index in [1.807, 2.05) is 18.2 Å². The van der Waals surface area contributed by atoms with Crippen LogP contribution < -0.4 is 9.88 Å². The molecule has 1 heterocycles. The van der Waals surface area contributed by atoms with Crippen LogP contribution in [0.15, 0.2) is 22.5 Å². The van der Waals surface area contributed by atoms with Crippen LogP contribution in [0.5, 0.6) is 5.75 Å². The molecular weight excluding hydrogens is 240 g/mol. The maximum atomic E-state index is 5.62. The number of nitrogens with two attached hydrogens (primary N) is 1. The van der Waals surface area contributed by atoms with Gasteiger partial charge in [0.1, 0.15) is 5.75 Å². The molecule has 0 bridgehead atoms. The van der Waals surface area contributed by atoms with E-state index in [4.69, 9.17) is 9.88 Å². The molecule has 1 aromatic carbocycles. The first-order valence-electron chi connectivity index (χ1n) is 5.23. The van der Waals surface area contributed by atoms with Crippen molar-refractivity contribution in [1.29, 1.82) is 0 Å². The van der Waals surface area contributed by atoms with Crippen molar-refractivity contribution in [2.75, 3.05) is 6.61 Å². The third kappa shape index (κ3) is 2.66. The summed E-state index contributed by atoms with van der Waals surface area (Å²) in [5.74, 6) is 0.889. The van der Waals surface area contributed by atoms with Crippen LogP contribution in [0.1, 0.15) is 19.8 Å². The second-order valence-corrected chi connectivity index (χ2v) is 5.34. The summed E-state index contributed by atoms with van der Waals surface area (Å²) < 4.78 is 7.66. The van der Waals surface area contributed by atoms with Crippen LogP contribution in [0.3, 0.4) is 0 Å². The van der Waals surface area contributed by atoms with Crippen molar-refractivity contribution in [3.05, 3.63) is 18.2 Å². The average Bonchev–Trinajstić information content (AvgIpc) is 2.71. The van der Waals surface area contributed by atoms with Crippen LogP contribution in [0, 0.1) is 0 Å². The smallest absolute Gasteiger partial charge is 0.165 e. The van der Waals surface area contributed by atoms with Gasteiger partial charge in [0, 0.05) is 6.07 Å². The second kappa shape index (κ2) is 5.52. The molecule has 86 valence electrons. The topological polar surface area (TPSA) is 48.1 Å². The quantitative estimate of drug-likeness (QED) is 0.656. The molecule has 0 saturated carbocycles. The number of nitrogens with zero attached hydrogens (tertiary/aromatic N) is 1. The molecule has 0 aliphatic heterocycles. The van der Waals surface area contributed by atoms with Gasteiger partial charge in [0.05, 0.1) is 16.8 Å². The minimum absolute atomic E-state index is 0.768. The van der Waals surface area contributed by atoms with E-state index in [0.29, 0.717) is 0 Å². The van der Waals surface area contributed by atoms with Crippen LogP contribution in [0.25, 0.3) is 10.2 Å². The number of hydrogen-bond acceptors (Lipinski definition) is 5. The maximum Gasteiger partial charge on any atom is 0.165 e. The van der Waals surface area contributed by atoms with Gasteiger partial charge in [-0.15, -0.1) is 11.3 Å². The van der Waals surface area contributed by atoms with Crippen molar-refractivity contribution >= 4 is 33.5 Å². The van der Waals surface area contributed by atoms with Crippen molar-refractivity contribution in [1.82, 2.24) is 4.98 Å². The lowest BCUT2D eigenvalue weighted by Gasteiger charge is -2.04. The van der Waals surface area contributed by atoms with E-state index in [0.717, 1.165) is 39.8 Å². The van der Waals surface area contributed by atoms with E-state index in [1.54, 1.807) is 11.3 Å². The molecule has 2 aromatic rings. The molecule has 16 heavy (non-hydrogen) atoms. The number of ether oxygens (including phenoxy) is 1. The predicted molar refractivity (Wildman–Crippen MR) is 70.1 cm³/mol. The number of rotatable bonds is 5. The zero-order valence-corrected chi connectivity index (χ0v) is 10.7. The molecule has 0 unspecified atom stereocenters. The molecule has 0 fully saturated rings. The fourth-order valence-corrected chi connectivity index (χ4v) is 2.65. The Kier molecular flexibility index (Phi) is 4.04. The predicted octanol–water partition coefficient (Wildman–Crippen LogP) is 3.44. The molecule has 0 saturated heterocycles. The van der Waals surface area contributed by atoms with Crippen molar-refractivity contribution < 1.29 is 4.74 Å². The first-order chi connectivity index (χ1) is 7.83. The number of unbranched alkanes of at least 4 members (excludes halogenated alkanes) is 1. The standard InChI is InChI=1S/C11H14N2OS2/c1-2-3-6-14-8-4-5-10-9(7-8)13-11(15-10)16-12/h4-5,7H,2-3,6,12H2,1H3. The molecule has 0 aliphatic carbocycles. The van der Waals surface area contributed by atoms with E-state index in [1.165, 1.54) is 11.9 Å². The fourth-order valence-electron chi connectivity index (χ4n) is 1.36. The molecule has 2 N–H and O–H groups in total. The number of thiazole rings is 1. The molecule has 0 radical (unpaired) electrons. The third-order valence-corrected chi connectivity index (χ3v) is 3.87. The fraction of sp³-hybridized carbons (Fsp3) is 0.364. The maximum absolute atomic E-state index is 5.62. The highest BCUT2D eigenvalue weighted by Gasteiger charge is 2.04. The Morgan fingerprint density at radius 1 is 1.50 bits per heavy atom. The SMILES string of the molecule is CCCCOc1ccc2sc(SN)nc2c1. The summed E-state index contributed by atoms with van der Waals surface area (Å²) in [5.41, 5.74) is 0.965. The summed E-state index contributed by atoms with van der Waals surface area (Å²) in [4.78, 5) is 4.40. The minimum Gasteiger partial charge on any atom is -0.494 e. The van der Waals surface area contributed by atoms with Gasteiger partial charge in [0.2, 0.25) is 0 Å². The molecule has 0 aliphatic rings. The number of aromatic nitrogens is 1. The number of fused-ring (bicyclic) bond motifs is 1. The van der Waals surface area contributed by atoms with Gasteiger partial charge in [0.25, 0.3) is 0 Å². The Labute approximate surface area is 103 Å². The van der Waals surface area contributed by atoms with Crippen LogP contribution in [-0.4, -0.2) is 11.6 Å². The molecule has 3 nitrogen and oxygen atoms in total. The van der Waals surface area contributed by atoms with Gasteiger partial charge >= 0.3 is 0 Å². The Hall–Kier alpha value is -0.780. The molecule has 0 atom stereocenters. The monoisotopic (exact) mass is 254 g/mol.